The van der Waals surface area contributed by atoms with Gasteiger partial charge in [-0.1, -0.05) is 24.3 Å². The summed E-state index contributed by atoms with van der Waals surface area (Å²) in [5.41, 5.74) is 3.30. The van der Waals surface area contributed by atoms with Crippen LogP contribution in [0.4, 0.5) is 5.69 Å². The van der Waals surface area contributed by atoms with Gasteiger partial charge in [0, 0.05) is 11.2 Å². The van der Waals surface area contributed by atoms with E-state index in [1.165, 1.54) is 0 Å². The minimum Gasteiger partial charge on any atom is -0.454 e. The number of hydrogen-bond donors (Lipinski definition) is 2. The first kappa shape index (κ1) is 24.3. The van der Waals surface area contributed by atoms with Crippen LogP contribution in [0.3, 0.4) is 0 Å². The third-order valence-corrected chi connectivity index (χ3v) is 8.30. The van der Waals surface area contributed by atoms with Crippen LogP contribution in [-0.4, -0.2) is 26.7 Å². The second-order valence-corrected chi connectivity index (χ2v) is 12.2. The van der Waals surface area contributed by atoms with E-state index in [9.17, 15) is 13.2 Å². The van der Waals surface area contributed by atoms with Crippen LogP contribution in [0.2, 0.25) is 0 Å². The number of ether oxygens (including phenoxy) is 2. The van der Waals surface area contributed by atoms with Crippen molar-refractivity contribution in [3.8, 4) is 22.6 Å². The van der Waals surface area contributed by atoms with Gasteiger partial charge in [0.25, 0.3) is 0 Å². The summed E-state index contributed by atoms with van der Waals surface area (Å²) in [5.74, 6) is 1.32. The summed E-state index contributed by atoms with van der Waals surface area (Å²) in [6.45, 7) is 7.60. The van der Waals surface area contributed by atoms with Crippen LogP contribution in [0.1, 0.15) is 44.7 Å². The number of carbonyl (C=O) groups excluding carboxylic acids is 1. The summed E-state index contributed by atoms with van der Waals surface area (Å²) in [6.07, 6.45) is 1.55. The monoisotopic (exact) mass is 506 g/mol. The van der Waals surface area contributed by atoms with Crippen molar-refractivity contribution < 1.29 is 22.7 Å². The molecule has 0 aromatic heterocycles. The Morgan fingerprint density at radius 2 is 1.61 bits per heavy atom. The summed E-state index contributed by atoms with van der Waals surface area (Å²) in [5, 5.41) is 3.09. The number of rotatable bonds is 6. The Labute approximate surface area is 211 Å². The molecule has 2 N–H and O–H groups in total. The lowest BCUT2D eigenvalue weighted by atomic mass is 9.94. The molecule has 1 heterocycles. The van der Waals surface area contributed by atoms with Crippen molar-refractivity contribution in [2.24, 2.45) is 0 Å². The topological polar surface area (TPSA) is 93.7 Å². The van der Waals surface area contributed by atoms with E-state index in [-0.39, 0.29) is 17.6 Å². The summed E-state index contributed by atoms with van der Waals surface area (Å²) in [6, 6.07) is 18.3. The molecule has 0 atom stereocenters. The second-order valence-electron chi connectivity index (χ2n) is 10.5. The lowest BCUT2D eigenvalue weighted by molar-refractivity contribution is -0.118. The zero-order chi connectivity index (χ0) is 25.7. The number of carbonyl (C=O) groups is 1. The molecule has 188 valence electrons. The van der Waals surface area contributed by atoms with Crippen molar-refractivity contribution in [1.82, 2.24) is 4.72 Å². The molecule has 0 spiro atoms. The quantitative estimate of drug-likeness (QED) is 0.483. The number of aryl methyl sites for hydroxylation is 1. The highest BCUT2D eigenvalue weighted by atomic mass is 32.2. The van der Waals surface area contributed by atoms with E-state index in [2.05, 4.69) is 10.0 Å². The number of hydrogen-bond acceptors (Lipinski definition) is 5. The third kappa shape index (κ3) is 4.70. The zero-order valence-corrected chi connectivity index (χ0v) is 21.7. The van der Waals surface area contributed by atoms with Crippen LogP contribution in [0.15, 0.2) is 65.6 Å². The first-order valence-corrected chi connectivity index (χ1v) is 13.4. The third-order valence-electron chi connectivity index (χ3n) is 6.52. The van der Waals surface area contributed by atoms with Crippen LogP contribution >= 0.6 is 0 Å². The van der Waals surface area contributed by atoms with Crippen molar-refractivity contribution in [3.63, 3.8) is 0 Å². The van der Waals surface area contributed by atoms with Gasteiger partial charge in [0.1, 0.15) is 0 Å². The molecule has 36 heavy (non-hydrogen) atoms. The molecule has 2 aliphatic rings. The largest absolute Gasteiger partial charge is 0.454 e. The van der Waals surface area contributed by atoms with Crippen LogP contribution in [-0.2, 0) is 20.2 Å². The normalized spacial score (nSPS) is 16.0. The molecule has 3 aromatic rings. The number of benzene rings is 3. The second kappa shape index (κ2) is 8.64. The highest BCUT2D eigenvalue weighted by Gasteiger charge is 2.51. The van der Waals surface area contributed by atoms with Gasteiger partial charge < -0.3 is 14.8 Å². The minimum absolute atomic E-state index is 0.0501. The molecule has 3 aromatic carbocycles. The molecule has 8 heteroatoms. The summed E-state index contributed by atoms with van der Waals surface area (Å²) in [4.78, 5) is 13.6. The van der Waals surface area contributed by atoms with Gasteiger partial charge in [-0.25, -0.2) is 13.1 Å². The SMILES string of the molecule is Cc1ccc(NC(=O)C2(c3ccc4c(c3)OCO4)CC2)cc1-c1ccc(S(=O)(=O)NC(C)(C)C)cc1. The van der Waals surface area contributed by atoms with E-state index in [1.807, 2.05) is 43.3 Å². The first-order valence-electron chi connectivity index (χ1n) is 11.9. The van der Waals surface area contributed by atoms with E-state index >= 15 is 0 Å². The first-order chi connectivity index (χ1) is 17.0. The van der Waals surface area contributed by atoms with Crippen molar-refractivity contribution in [2.45, 2.75) is 56.4 Å². The molecule has 0 radical (unpaired) electrons. The Bertz CT molecular complexity index is 1440. The number of nitrogens with one attached hydrogen (secondary N) is 2. The van der Waals surface area contributed by atoms with E-state index in [4.69, 9.17) is 9.47 Å². The molecule has 1 aliphatic carbocycles. The minimum atomic E-state index is -3.61. The summed E-state index contributed by atoms with van der Waals surface area (Å²) >= 11 is 0. The fraction of sp³-hybridized carbons (Fsp3) is 0.321. The van der Waals surface area contributed by atoms with E-state index < -0.39 is 21.0 Å². The smallest absolute Gasteiger partial charge is 0.241 e. The molecule has 7 nitrogen and oxygen atoms in total. The molecule has 0 unspecified atom stereocenters. The lowest BCUT2D eigenvalue weighted by Gasteiger charge is -2.20. The average Bonchev–Trinajstić information content (AvgIpc) is 3.50. The van der Waals surface area contributed by atoms with Crippen molar-refractivity contribution in [1.29, 1.82) is 0 Å². The Hall–Kier alpha value is -3.36. The standard InChI is InChI=1S/C28H30N2O5S/c1-18-5-9-21(16-23(18)19-6-10-22(11-7-19)36(32,33)30-27(2,3)4)29-26(31)28(13-14-28)20-8-12-24-25(15-20)35-17-34-24/h5-12,15-16,30H,13-14,17H2,1-4H3,(H,29,31). The maximum absolute atomic E-state index is 13.3. The fourth-order valence-electron chi connectivity index (χ4n) is 4.50. The molecule has 1 aliphatic heterocycles. The number of fused-ring (bicyclic) bond motifs is 1. The zero-order valence-electron chi connectivity index (χ0n) is 20.8. The lowest BCUT2D eigenvalue weighted by Crippen LogP contribution is -2.40. The molecule has 0 saturated heterocycles. The number of amides is 1. The van der Waals surface area contributed by atoms with Gasteiger partial charge >= 0.3 is 0 Å². The molecule has 5 rings (SSSR count). The Kier molecular flexibility index (Phi) is 5.84. The average molecular weight is 507 g/mol. The van der Waals surface area contributed by atoms with Gasteiger partial charge in [0.2, 0.25) is 22.7 Å². The van der Waals surface area contributed by atoms with E-state index in [1.54, 1.807) is 45.0 Å². The van der Waals surface area contributed by atoms with Crippen molar-refractivity contribution >= 4 is 21.6 Å². The molecular formula is C28H30N2O5S. The summed E-state index contributed by atoms with van der Waals surface area (Å²) < 4.78 is 38.8. The Balaban J connectivity index is 1.36. The molecule has 0 bridgehead atoms. The molecule has 1 saturated carbocycles. The van der Waals surface area contributed by atoms with Gasteiger partial charge in [-0.3, -0.25) is 4.79 Å². The van der Waals surface area contributed by atoms with Gasteiger partial charge in [-0.2, -0.15) is 0 Å². The molecule has 1 fully saturated rings. The highest BCUT2D eigenvalue weighted by molar-refractivity contribution is 7.89. The maximum Gasteiger partial charge on any atom is 0.241 e. The van der Waals surface area contributed by atoms with E-state index in [0.717, 1.165) is 35.1 Å². The Morgan fingerprint density at radius 3 is 2.28 bits per heavy atom. The van der Waals surface area contributed by atoms with Gasteiger partial charge in [0.05, 0.1) is 10.3 Å². The fourth-order valence-corrected chi connectivity index (χ4v) is 5.92. The number of anilines is 1. The number of sulfonamides is 1. The van der Waals surface area contributed by atoms with Gasteiger partial charge in [-0.05, 0) is 99.2 Å². The van der Waals surface area contributed by atoms with Crippen LogP contribution in [0, 0.1) is 6.92 Å². The van der Waals surface area contributed by atoms with Gasteiger partial charge in [-0.15, -0.1) is 0 Å². The Morgan fingerprint density at radius 1 is 0.917 bits per heavy atom. The van der Waals surface area contributed by atoms with Crippen LogP contribution < -0.4 is 19.5 Å². The highest BCUT2D eigenvalue weighted by Crippen LogP contribution is 2.51. The van der Waals surface area contributed by atoms with E-state index in [0.29, 0.717) is 17.2 Å². The van der Waals surface area contributed by atoms with Crippen LogP contribution in [0.5, 0.6) is 11.5 Å². The summed E-state index contributed by atoms with van der Waals surface area (Å²) in [7, 11) is -3.61. The van der Waals surface area contributed by atoms with Crippen molar-refractivity contribution in [3.05, 3.63) is 71.8 Å². The molecular weight excluding hydrogens is 476 g/mol. The predicted octanol–water partition coefficient (Wildman–Crippen LogP) is 5.14. The maximum atomic E-state index is 13.3. The van der Waals surface area contributed by atoms with Crippen LogP contribution in [0.25, 0.3) is 11.1 Å². The van der Waals surface area contributed by atoms with Crippen molar-refractivity contribution in [2.75, 3.05) is 12.1 Å². The molecule has 1 amide bonds. The predicted molar refractivity (Wildman–Crippen MR) is 139 cm³/mol. The van der Waals surface area contributed by atoms with Gasteiger partial charge in [0.15, 0.2) is 11.5 Å².